The predicted molar refractivity (Wildman–Crippen MR) is 134 cm³/mol. The van der Waals surface area contributed by atoms with Crippen molar-refractivity contribution in [3.05, 3.63) is 82.8 Å². The van der Waals surface area contributed by atoms with Gasteiger partial charge >= 0.3 is 5.97 Å². The van der Waals surface area contributed by atoms with Crippen LogP contribution in [-0.4, -0.2) is 47.8 Å². The van der Waals surface area contributed by atoms with Crippen LogP contribution in [0, 0.1) is 6.92 Å². The Labute approximate surface area is 207 Å². The van der Waals surface area contributed by atoms with Crippen molar-refractivity contribution in [3.63, 3.8) is 0 Å². The van der Waals surface area contributed by atoms with Crippen molar-refractivity contribution in [3.8, 4) is 22.5 Å². The van der Waals surface area contributed by atoms with E-state index in [0.29, 0.717) is 30.5 Å². The van der Waals surface area contributed by atoms with E-state index in [1.165, 1.54) is 0 Å². The fourth-order valence-electron chi connectivity index (χ4n) is 4.60. The number of hydrogen-bond acceptors (Lipinski definition) is 7. The predicted octanol–water partition coefficient (Wildman–Crippen LogP) is 4.53. The van der Waals surface area contributed by atoms with Gasteiger partial charge in [0.1, 0.15) is 0 Å². The summed E-state index contributed by atoms with van der Waals surface area (Å²) in [5, 5.41) is 19.4. The van der Waals surface area contributed by atoms with Crippen molar-refractivity contribution in [2.45, 2.75) is 39.0 Å². The van der Waals surface area contributed by atoms with E-state index < -0.39 is 5.97 Å². The first-order chi connectivity index (χ1) is 17.6. The highest BCUT2D eigenvalue weighted by atomic mass is 16.5. The van der Waals surface area contributed by atoms with Crippen LogP contribution in [0.4, 0.5) is 0 Å². The monoisotopic (exact) mass is 479 g/mol. The zero-order chi connectivity index (χ0) is 24.6. The number of carbonyl (C=O) groups excluding carboxylic acids is 1. The van der Waals surface area contributed by atoms with Crippen LogP contribution < -0.4 is 0 Å². The maximum atomic E-state index is 12.4. The van der Waals surface area contributed by atoms with Crippen LogP contribution in [0.15, 0.2) is 54.6 Å². The Hall–Kier alpha value is -4.40. The zero-order valence-electron chi connectivity index (χ0n) is 20.1. The van der Waals surface area contributed by atoms with Gasteiger partial charge in [-0.1, -0.05) is 48.5 Å². The molecule has 0 radical (unpaired) electrons. The van der Waals surface area contributed by atoms with E-state index in [2.05, 4.69) is 55.9 Å². The molecule has 5 aromatic rings. The van der Waals surface area contributed by atoms with Gasteiger partial charge in [-0.05, 0) is 54.7 Å². The topological polar surface area (TPSA) is 111 Å². The average molecular weight is 480 g/mol. The normalized spacial score (nSPS) is 13.3. The number of nitrogens with one attached hydrogen (secondary N) is 1. The summed E-state index contributed by atoms with van der Waals surface area (Å²) in [6.45, 7) is 4.05. The van der Waals surface area contributed by atoms with Gasteiger partial charge in [-0.15, -0.1) is 10.2 Å². The van der Waals surface area contributed by atoms with Gasteiger partial charge in [0.15, 0.2) is 11.3 Å². The molecule has 1 N–H and O–H groups in total. The fourth-order valence-corrected chi connectivity index (χ4v) is 4.60. The molecule has 3 aromatic heterocycles. The lowest BCUT2D eigenvalue weighted by molar-refractivity contribution is 0.0519. The number of H-pyrrole nitrogens is 1. The molecule has 0 atom stereocenters. The number of ether oxygens (including phenoxy) is 1. The Bertz CT molecular complexity index is 1550. The van der Waals surface area contributed by atoms with Crippen molar-refractivity contribution in [2.75, 3.05) is 6.61 Å². The SMILES string of the molecule is CCOC(=O)c1cc(C)n2nc(C3CC3)c(Cc3ccc(-c4ccccc4-c4nn[nH]n4)cc3)c2n1. The third-order valence-corrected chi connectivity index (χ3v) is 6.50. The third kappa shape index (κ3) is 4.02. The van der Waals surface area contributed by atoms with Gasteiger partial charge in [0.25, 0.3) is 0 Å². The summed E-state index contributed by atoms with van der Waals surface area (Å²) < 4.78 is 7.06. The number of rotatable bonds is 7. The Morgan fingerprint density at radius 1 is 1.11 bits per heavy atom. The molecule has 6 rings (SSSR count). The van der Waals surface area contributed by atoms with Gasteiger partial charge in [0.05, 0.1) is 12.3 Å². The number of fused-ring (bicyclic) bond motifs is 1. The lowest BCUT2D eigenvalue weighted by Gasteiger charge is -2.09. The van der Waals surface area contributed by atoms with Crippen LogP contribution >= 0.6 is 0 Å². The van der Waals surface area contributed by atoms with Gasteiger partial charge in [-0.25, -0.2) is 14.3 Å². The van der Waals surface area contributed by atoms with Crippen LogP contribution in [0.1, 0.15) is 58.7 Å². The van der Waals surface area contributed by atoms with Gasteiger partial charge in [0, 0.05) is 29.2 Å². The van der Waals surface area contributed by atoms with Crippen LogP contribution in [0.5, 0.6) is 0 Å². The minimum Gasteiger partial charge on any atom is -0.461 e. The van der Waals surface area contributed by atoms with Gasteiger partial charge < -0.3 is 4.74 Å². The number of benzene rings is 2. The molecule has 0 spiro atoms. The molecule has 1 aliphatic carbocycles. The minimum absolute atomic E-state index is 0.312. The van der Waals surface area contributed by atoms with E-state index in [0.717, 1.165) is 57.7 Å². The van der Waals surface area contributed by atoms with E-state index in [1.54, 1.807) is 13.0 Å². The standard InChI is InChI=1S/C27H25N7O2/c1-3-36-27(35)23-14-16(2)34-26(28-23)22(24(31-34)19-12-13-19)15-17-8-10-18(11-9-17)20-6-4-5-7-21(20)25-29-32-33-30-25/h4-11,14,19H,3,12-13,15H2,1-2H3,(H,29,30,32,33). The first kappa shape index (κ1) is 22.1. The summed E-state index contributed by atoms with van der Waals surface area (Å²) in [5.74, 6) is 0.607. The van der Waals surface area contributed by atoms with Crippen molar-refractivity contribution in [1.29, 1.82) is 0 Å². The van der Waals surface area contributed by atoms with Crippen molar-refractivity contribution in [2.24, 2.45) is 0 Å². The molecule has 0 unspecified atom stereocenters. The average Bonchev–Trinajstić information content (AvgIpc) is 3.46. The second-order valence-corrected chi connectivity index (χ2v) is 9.03. The number of tetrazole rings is 1. The summed E-state index contributed by atoms with van der Waals surface area (Å²) in [6.07, 6.45) is 2.94. The van der Waals surface area contributed by atoms with Crippen molar-refractivity contribution in [1.82, 2.24) is 35.2 Å². The molecule has 1 fully saturated rings. The summed E-state index contributed by atoms with van der Waals surface area (Å²) in [6, 6.07) is 18.2. The number of nitrogens with zero attached hydrogens (tertiary/aromatic N) is 6. The van der Waals surface area contributed by atoms with E-state index in [-0.39, 0.29) is 0 Å². The molecular formula is C27H25N7O2. The highest BCUT2D eigenvalue weighted by molar-refractivity contribution is 5.88. The quantitative estimate of drug-likeness (QED) is 0.341. The number of aryl methyl sites for hydroxylation is 1. The Morgan fingerprint density at radius 2 is 1.89 bits per heavy atom. The second kappa shape index (κ2) is 8.99. The molecule has 180 valence electrons. The maximum absolute atomic E-state index is 12.4. The van der Waals surface area contributed by atoms with Gasteiger partial charge in [-0.2, -0.15) is 10.3 Å². The molecule has 9 heteroatoms. The molecule has 1 aliphatic rings. The Balaban J connectivity index is 1.37. The molecule has 0 aliphatic heterocycles. The first-order valence-electron chi connectivity index (χ1n) is 12.1. The number of hydrogen-bond donors (Lipinski definition) is 1. The highest BCUT2D eigenvalue weighted by Gasteiger charge is 2.31. The van der Waals surface area contributed by atoms with Gasteiger partial charge in [-0.3, -0.25) is 0 Å². The molecule has 0 saturated heterocycles. The summed E-state index contributed by atoms with van der Waals surface area (Å²) in [5.41, 5.74) is 8.24. The number of aromatic nitrogens is 7. The molecule has 0 bridgehead atoms. The number of esters is 1. The third-order valence-electron chi connectivity index (χ3n) is 6.50. The molecule has 1 saturated carbocycles. The Kier molecular flexibility index (Phi) is 5.52. The number of carbonyl (C=O) groups is 1. The van der Waals surface area contributed by atoms with Crippen molar-refractivity contribution >= 4 is 11.6 Å². The maximum Gasteiger partial charge on any atom is 0.357 e. The van der Waals surface area contributed by atoms with Gasteiger partial charge in [0.2, 0.25) is 5.82 Å². The van der Waals surface area contributed by atoms with Crippen LogP contribution in [0.3, 0.4) is 0 Å². The lowest BCUT2D eigenvalue weighted by atomic mass is 9.96. The van der Waals surface area contributed by atoms with E-state index >= 15 is 0 Å². The van der Waals surface area contributed by atoms with E-state index in [1.807, 2.05) is 29.6 Å². The molecular weight excluding hydrogens is 454 g/mol. The second-order valence-electron chi connectivity index (χ2n) is 9.03. The largest absolute Gasteiger partial charge is 0.461 e. The smallest absolute Gasteiger partial charge is 0.357 e. The summed E-state index contributed by atoms with van der Waals surface area (Å²) in [7, 11) is 0. The Morgan fingerprint density at radius 3 is 2.58 bits per heavy atom. The fraction of sp³-hybridized carbons (Fsp3) is 0.259. The summed E-state index contributed by atoms with van der Waals surface area (Å²) in [4.78, 5) is 17.1. The molecule has 2 aromatic carbocycles. The van der Waals surface area contributed by atoms with Crippen molar-refractivity contribution < 1.29 is 9.53 Å². The van der Waals surface area contributed by atoms with Crippen LogP contribution in [0.2, 0.25) is 0 Å². The molecule has 3 heterocycles. The molecule has 36 heavy (non-hydrogen) atoms. The molecule has 0 amide bonds. The minimum atomic E-state index is -0.409. The van der Waals surface area contributed by atoms with E-state index in [9.17, 15) is 4.79 Å². The number of aromatic amines is 1. The first-order valence-corrected chi connectivity index (χ1v) is 12.1. The zero-order valence-corrected chi connectivity index (χ0v) is 20.1. The van der Waals surface area contributed by atoms with E-state index in [4.69, 9.17) is 9.84 Å². The molecule has 9 nitrogen and oxygen atoms in total. The van der Waals surface area contributed by atoms with Crippen LogP contribution in [-0.2, 0) is 11.2 Å². The lowest BCUT2D eigenvalue weighted by Crippen LogP contribution is -2.10. The van der Waals surface area contributed by atoms with Crippen LogP contribution in [0.25, 0.3) is 28.2 Å². The highest BCUT2D eigenvalue weighted by Crippen LogP contribution is 2.42. The summed E-state index contributed by atoms with van der Waals surface area (Å²) >= 11 is 0.